The zero-order chi connectivity index (χ0) is 19.8. The van der Waals surface area contributed by atoms with Crippen LogP contribution < -0.4 is 5.48 Å². The van der Waals surface area contributed by atoms with Crippen molar-refractivity contribution in [3.63, 3.8) is 0 Å². The Morgan fingerprint density at radius 1 is 0.966 bits per heavy atom. The summed E-state index contributed by atoms with van der Waals surface area (Å²) >= 11 is 0. The monoisotopic (exact) mass is 410 g/mol. The second-order valence-corrected chi connectivity index (χ2v) is 6.44. The van der Waals surface area contributed by atoms with Crippen molar-refractivity contribution >= 4 is 41.9 Å². The second-order valence-electron chi connectivity index (χ2n) is 6.44. The van der Waals surface area contributed by atoms with Crippen LogP contribution >= 0.6 is 12.4 Å². The smallest absolute Gasteiger partial charge is 0.267 e. The molecule has 0 aromatic heterocycles. The van der Waals surface area contributed by atoms with Gasteiger partial charge >= 0.3 is 0 Å². The summed E-state index contributed by atoms with van der Waals surface area (Å²) in [5.74, 6) is -0.617. The van der Waals surface area contributed by atoms with E-state index in [9.17, 15) is 9.59 Å². The summed E-state index contributed by atoms with van der Waals surface area (Å²) < 4.78 is 0. The summed E-state index contributed by atoms with van der Waals surface area (Å²) in [5, 5.41) is 8.51. The first-order chi connectivity index (χ1) is 13.7. The van der Waals surface area contributed by atoms with Crippen LogP contribution in [0.3, 0.4) is 0 Å². The summed E-state index contributed by atoms with van der Waals surface area (Å²) in [6.45, 7) is 1.30. The fourth-order valence-corrected chi connectivity index (χ4v) is 3.03. The van der Waals surface area contributed by atoms with Crippen molar-refractivity contribution in [3.05, 3.63) is 89.5 Å². The predicted octanol–water partition coefficient (Wildman–Crippen LogP) is 3.96. The lowest BCUT2D eigenvalue weighted by Crippen LogP contribution is -2.33. The molecule has 2 aromatic rings. The third-order valence-corrected chi connectivity index (χ3v) is 4.53. The zero-order valence-electron chi connectivity index (χ0n) is 15.8. The number of hydrogen-bond acceptors (Lipinski definition) is 3. The van der Waals surface area contributed by atoms with Crippen LogP contribution in [-0.2, 0) is 9.59 Å². The lowest BCUT2D eigenvalue weighted by Gasteiger charge is -2.25. The highest BCUT2D eigenvalue weighted by Gasteiger charge is 2.15. The van der Waals surface area contributed by atoms with Crippen molar-refractivity contribution in [1.82, 2.24) is 10.4 Å². The summed E-state index contributed by atoms with van der Waals surface area (Å²) in [7, 11) is 0. The second kappa shape index (κ2) is 11.0. The van der Waals surface area contributed by atoms with Crippen molar-refractivity contribution in [1.29, 1.82) is 0 Å². The number of benzene rings is 2. The molecule has 29 heavy (non-hydrogen) atoms. The maximum Gasteiger partial charge on any atom is 0.267 e. The molecule has 150 valence electrons. The molecule has 0 aliphatic carbocycles. The van der Waals surface area contributed by atoms with Crippen LogP contribution in [-0.4, -0.2) is 35.0 Å². The molecule has 0 bridgehead atoms. The molecule has 6 heteroatoms. The molecule has 2 aromatic carbocycles. The number of amides is 2. The van der Waals surface area contributed by atoms with Gasteiger partial charge in [0, 0.05) is 25.2 Å². The van der Waals surface area contributed by atoms with Crippen molar-refractivity contribution < 1.29 is 14.8 Å². The minimum atomic E-state index is -0.593. The van der Waals surface area contributed by atoms with E-state index in [0.717, 1.165) is 17.5 Å². The summed E-state index contributed by atoms with van der Waals surface area (Å²) in [5.41, 5.74) is 5.69. The van der Waals surface area contributed by atoms with Gasteiger partial charge in [0.15, 0.2) is 0 Å². The topological polar surface area (TPSA) is 69.6 Å². The van der Waals surface area contributed by atoms with Gasteiger partial charge in [-0.15, -0.1) is 12.4 Å². The summed E-state index contributed by atoms with van der Waals surface area (Å²) in [4.78, 5) is 25.3. The Kier molecular flexibility index (Phi) is 8.40. The Bertz CT molecular complexity index is 936. The molecule has 5 nitrogen and oxygen atoms in total. The zero-order valence-corrected chi connectivity index (χ0v) is 16.6. The minimum Gasteiger partial charge on any atom is -0.335 e. The largest absolute Gasteiger partial charge is 0.335 e. The maximum absolute atomic E-state index is 12.5. The molecule has 1 heterocycles. The van der Waals surface area contributed by atoms with E-state index in [0.29, 0.717) is 13.1 Å². The molecule has 2 N–H and O–H groups in total. The lowest BCUT2D eigenvalue weighted by atomic mass is 9.99. The number of nitrogens with one attached hydrogen (secondary N) is 1. The van der Waals surface area contributed by atoms with Gasteiger partial charge in [-0.25, -0.2) is 5.48 Å². The van der Waals surface area contributed by atoms with E-state index in [4.69, 9.17) is 5.21 Å². The van der Waals surface area contributed by atoms with Crippen LogP contribution in [0.25, 0.3) is 17.7 Å². The molecular weight excluding hydrogens is 388 g/mol. The molecule has 0 spiro atoms. The third-order valence-electron chi connectivity index (χ3n) is 4.53. The fourth-order valence-electron chi connectivity index (χ4n) is 3.03. The van der Waals surface area contributed by atoms with Crippen LogP contribution in [0.2, 0.25) is 0 Å². The van der Waals surface area contributed by atoms with Gasteiger partial charge in [0.05, 0.1) is 0 Å². The van der Waals surface area contributed by atoms with Crippen LogP contribution in [0, 0.1) is 0 Å². The third kappa shape index (κ3) is 6.45. The van der Waals surface area contributed by atoms with Crippen LogP contribution in [0.15, 0.2) is 72.8 Å². The van der Waals surface area contributed by atoms with E-state index < -0.39 is 5.91 Å². The van der Waals surface area contributed by atoms with Gasteiger partial charge in [-0.2, -0.15) is 0 Å². The Labute approximate surface area is 176 Å². The van der Waals surface area contributed by atoms with E-state index in [1.807, 2.05) is 47.4 Å². The number of carbonyl (C=O) groups is 2. The molecule has 1 aliphatic heterocycles. The average molecular weight is 411 g/mol. The molecule has 0 atom stereocenters. The maximum atomic E-state index is 12.5. The molecule has 1 aliphatic rings. The van der Waals surface area contributed by atoms with Gasteiger partial charge in [0.25, 0.3) is 5.91 Å². The number of carbonyl (C=O) groups excluding carboxylic acids is 2. The highest BCUT2D eigenvalue weighted by atomic mass is 35.5. The van der Waals surface area contributed by atoms with Gasteiger partial charge in [-0.05, 0) is 46.9 Å². The molecule has 0 saturated heterocycles. The standard InChI is InChI=1S/C23H22N2O3.ClH/c26-22(24-28)11-9-18-5-4-6-19(17-18)10-12-23(27)25-15-13-21(14-16-25)20-7-2-1-3-8-20;/h1-13,17,28H,14-16H2,(H,24,26);1H. The van der Waals surface area contributed by atoms with Gasteiger partial charge in [0.2, 0.25) is 5.91 Å². The highest BCUT2D eigenvalue weighted by molar-refractivity contribution is 5.93. The number of nitrogens with zero attached hydrogens (tertiary/aromatic N) is 1. The fraction of sp³-hybridized carbons (Fsp3) is 0.130. The van der Waals surface area contributed by atoms with Crippen molar-refractivity contribution in [2.45, 2.75) is 6.42 Å². The Morgan fingerprint density at radius 3 is 2.28 bits per heavy atom. The molecule has 0 fully saturated rings. The molecular formula is C23H23ClN2O3. The first-order valence-corrected chi connectivity index (χ1v) is 9.09. The van der Waals surface area contributed by atoms with Crippen LogP contribution in [0.5, 0.6) is 0 Å². The number of hydrogen-bond donors (Lipinski definition) is 2. The van der Waals surface area contributed by atoms with Gasteiger partial charge in [-0.1, -0.05) is 54.6 Å². The number of halogens is 1. The lowest BCUT2D eigenvalue weighted by molar-refractivity contribution is -0.125. The van der Waals surface area contributed by atoms with Gasteiger partial charge in [-0.3, -0.25) is 14.8 Å². The number of hydroxylamine groups is 1. The van der Waals surface area contributed by atoms with Crippen molar-refractivity contribution in [3.8, 4) is 0 Å². The SMILES string of the molecule is Cl.O=C(C=Cc1cccc(C=CC(=O)N2CC=C(c3ccccc3)CC2)c1)NO. The Balaban J connectivity index is 0.00000300. The van der Waals surface area contributed by atoms with E-state index in [2.05, 4.69) is 18.2 Å². The normalized spacial score (nSPS) is 13.8. The van der Waals surface area contributed by atoms with Gasteiger partial charge < -0.3 is 4.90 Å². The average Bonchev–Trinajstić information content (AvgIpc) is 2.76. The molecule has 2 amide bonds. The highest BCUT2D eigenvalue weighted by Crippen LogP contribution is 2.22. The molecule has 0 unspecified atom stereocenters. The first-order valence-electron chi connectivity index (χ1n) is 9.09. The number of rotatable bonds is 5. The molecule has 0 radical (unpaired) electrons. The first kappa shape index (κ1) is 22.1. The van der Waals surface area contributed by atoms with E-state index in [1.54, 1.807) is 23.7 Å². The Hall–Kier alpha value is -3.15. The predicted molar refractivity (Wildman–Crippen MR) is 117 cm³/mol. The minimum absolute atomic E-state index is 0. The summed E-state index contributed by atoms with van der Waals surface area (Å²) in [6.07, 6.45) is 9.12. The Morgan fingerprint density at radius 2 is 1.66 bits per heavy atom. The van der Waals surface area contributed by atoms with Gasteiger partial charge in [0.1, 0.15) is 0 Å². The summed E-state index contributed by atoms with van der Waals surface area (Å²) in [6, 6.07) is 17.7. The van der Waals surface area contributed by atoms with E-state index >= 15 is 0 Å². The quantitative estimate of drug-likeness (QED) is 0.445. The van der Waals surface area contributed by atoms with Crippen LogP contribution in [0.1, 0.15) is 23.1 Å². The van der Waals surface area contributed by atoms with Crippen LogP contribution in [0.4, 0.5) is 0 Å². The molecule has 3 rings (SSSR count). The van der Waals surface area contributed by atoms with Crippen molar-refractivity contribution in [2.24, 2.45) is 0 Å². The van der Waals surface area contributed by atoms with E-state index in [-0.39, 0.29) is 18.3 Å². The van der Waals surface area contributed by atoms with E-state index in [1.165, 1.54) is 17.2 Å². The van der Waals surface area contributed by atoms with Crippen molar-refractivity contribution in [2.75, 3.05) is 13.1 Å². The molecule has 0 saturated carbocycles.